The van der Waals surface area contributed by atoms with Gasteiger partial charge in [0.25, 0.3) is 0 Å². The normalized spacial score (nSPS) is 26.6. The summed E-state index contributed by atoms with van der Waals surface area (Å²) >= 11 is 7.56. The topological polar surface area (TPSA) is 60.9 Å². The first-order valence-electron chi connectivity index (χ1n) is 9.62. The highest BCUT2D eigenvalue weighted by atomic mass is 35.5. The van der Waals surface area contributed by atoms with E-state index in [4.69, 9.17) is 11.6 Å². The van der Waals surface area contributed by atoms with Gasteiger partial charge in [-0.05, 0) is 25.0 Å². The van der Waals surface area contributed by atoms with Crippen molar-refractivity contribution in [1.29, 1.82) is 0 Å². The van der Waals surface area contributed by atoms with Crippen LogP contribution in [0.5, 0.6) is 0 Å². The van der Waals surface area contributed by atoms with E-state index in [1.807, 2.05) is 12.1 Å². The molecule has 3 heterocycles. The molecule has 3 amide bonds. The molecule has 146 valence electrons. The van der Waals surface area contributed by atoms with Crippen molar-refractivity contribution >= 4 is 40.7 Å². The van der Waals surface area contributed by atoms with E-state index in [-0.39, 0.29) is 36.1 Å². The largest absolute Gasteiger partial charge is 0.339 e. The summed E-state index contributed by atoms with van der Waals surface area (Å²) in [5.41, 5.74) is 0. The van der Waals surface area contributed by atoms with Gasteiger partial charge >= 0.3 is 0 Å². The smallest absolute Gasteiger partial charge is 0.242 e. The summed E-state index contributed by atoms with van der Waals surface area (Å²) in [6, 6.07) is 3.94. The van der Waals surface area contributed by atoms with E-state index in [9.17, 15) is 14.4 Å². The van der Waals surface area contributed by atoms with Gasteiger partial charge in [0.1, 0.15) is 6.54 Å². The lowest BCUT2D eigenvalue weighted by molar-refractivity contribution is -0.147. The minimum atomic E-state index is -0.187. The molecule has 27 heavy (non-hydrogen) atoms. The maximum absolute atomic E-state index is 12.7. The molecule has 1 aromatic rings. The Labute approximate surface area is 168 Å². The Morgan fingerprint density at radius 1 is 1.04 bits per heavy atom. The van der Waals surface area contributed by atoms with E-state index in [1.54, 1.807) is 16.2 Å². The molecule has 6 nitrogen and oxygen atoms in total. The Morgan fingerprint density at radius 3 is 2.22 bits per heavy atom. The van der Waals surface area contributed by atoms with E-state index in [2.05, 4.69) is 4.90 Å². The van der Waals surface area contributed by atoms with Crippen LogP contribution in [-0.2, 0) is 20.9 Å². The van der Waals surface area contributed by atoms with Crippen molar-refractivity contribution in [2.75, 3.05) is 32.7 Å². The lowest BCUT2D eigenvalue weighted by Crippen LogP contribution is -2.51. The van der Waals surface area contributed by atoms with Crippen LogP contribution in [0, 0.1) is 11.8 Å². The number of amides is 3. The molecule has 4 rings (SSSR count). The predicted molar refractivity (Wildman–Crippen MR) is 103 cm³/mol. The molecular weight excluding hydrogens is 386 g/mol. The molecule has 2 atom stereocenters. The number of fused-ring (bicyclic) bond motifs is 1. The second-order valence-corrected chi connectivity index (χ2v) is 9.42. The molecule has 1 saturated carbocycles. The summed E-state index contributed by atoms with van der Waals surface area (Å²) in [6.07, 6.45) is 3.56. The van der Waals surface area contributed by atoms with Crippen molar-refractivity contribution in [2.24, 2.45) is 11.8 Å². The molecule has 1 aliphatic carbocycles. The van der Waals surface area contributed by atoms with Crippen molar-refractivity contribution < 1.29 is 14.4 Å². The van der Waals surface area contributed by atoms with E-state index >= 15 is 0 Å². The Balaban J connectivity index is 1.29. The van der Waals surface area contributed by atoms with Crippen LogP contribution in [-0.4, -0.2) is 65.1 Å². The fourth-order valence-electron chi connectivity index (χ4n) is 4.43. The van der Waals surface area contributed by atoms with Gasteiger partial charge in [-0.25, -0.2) is 0 Å². The van der Waals surface area contributed by atoms with Gasteiger partial charge in [-0.3, -0.25) is 24.2 Å². The molecule has 0 aromatic carbocycles. The monoisotopic (exact) mass is 409 g/mol. The van der Waals surface area contributed by atoms with Crippen LogP contribution in [0.3, 0.4) is 0 Å². The second-order valence-electron chi connectivity index (χ2n) is 7.62. The number of hydrogen-bond donors (Lipinski definition) is 0. The molecule has 1 aromatic heterocycles. The third kappa shape index (κ3) is 3.91. The number of thiophene rings is 1. The molecule has 2 aliphatic heterocycles. The number of hydrogen-bond acceptors (Lipinski definition) is 5. The maximum atomic E-state index is 12.7. The molecule has 3 aliphatic rings. The van der Waals surface area contributed by atoms with Gasteiger partial charge in [0.15, 0.2) is 0 Å². The van der Waals surface area contributed by atoms with Crippen LogP contribution in [0.1, 0.15) is 30.6 Å². The van der Waals surface area contributed by atoms with E-state index in [1.165, 1.54) is 9.78 Å². The van der Waals surface area contributed by atoms with E-state index in [0.717, 1.165) is 49.7 Å². The van der Waals surface area contributed by atoms with Gasteiger partial charge in [-0.15, -0.1) is 11.3 Å². The van der Waals surface area contributed by atoms with Gasteiger partial charge in [-0.2, -0.15) is 0 Å². The Hall–Kier alpha value is -1.44. The highest BCUT2D eigenvalue weighted by Crippen LogP contribution is 2.37. The number of imide groups is 1. The molecule has 0 bridgehead atoms. The third-order valence-corrected chi connectivity index (χ3v) is 7.17. The molecule has 3 fully saturated rings. The van der Waals surface area contributed by atoms with Gasteiger partial charge in [-0.1, -0.05) is 24.4 Å². The van der Waals surface area contributed by atoms with Gasteiger partial charge in [0.2, 0.25) is 17.7 Å². The van der Waals surface area contributed by atoms with Crippen molar-refractivity contribution in [3.8, 4) is 0 Å². The third-order valence-electron chi connectivity index (χ3n) is 5.96. The number of nitrogens with zero attached hydrogens (tertiary/aromatic N) is 3. The van der Waals surface area contributed by atoms with Crippen molar-refractivity contribution in [1.82, 2.24) is 14.7 Å². The van der Waals surface area contributed by atoms with Crippen molar-refractivity contribution in [3.63, 3.8) is 0 Å². The summed E-state index contributed by atoms with van der Waals surface area (Å²) in [5, 5.41) is 0. The van der Waals surface area contributed by atoms with Crippen LogP contribution in [0.4, 0.5) is 0 Å². The average molecular weight is 410 g/mol. The standard InChI is InChI=1S/C19H24ClN3O3S/c20-16-6-5-13(27-16)11-21-7-9-22(10-8-21)17(24)12-23-18(25)14-3-1-2-4-15(14)19(23)26/h5-6,14-15H,1-4,7-12H2. The van der Waals surface area contributed by atoms with Crippen molar-refractivity contribution in [3.05, 3.63) is 21.3 Å². The lowest BCUT2D eigenvalue weighted by atomic mass is 9.81. The highest BCUT2D eigenvalue weighted by Gasteiger charge is 2.48. The number of likely N-dealkylation sites (tertiary alicyclic amines) is 1. The van der Waals surface area contributed by atoms with Gasteiger partial charge < -0.3 is 4.90 Å². The molecule has 2 unspecified atom stereocenters. The number of halogens is 1. The Morgan fingerprint density at radius 2 is 1.67 bits per heavy atom. The van der Waals surface area contributed by atoms with E-state index in [0.29, 0.717) is 13.1 Å². The minimum absolute atomic E-state index is 0.0921. The second kappa shape index (κ2) is 7.89. The van der Waals surface area contributed by atoms with Crippen LogP contribution in [0.2, 0.25) is 4.34 Å². The molecule has 2 saturated heterocycles. The SMILES string of the molecule is O=C(CN1C(=O)C2CCCCC2C1=O)N1CCN(Cc2ccc(Cl)s2)CC1. The Bertz CT molecular complexity index is 720. The fraction of sp³-hybridized carbons (Fsp3) is 0.632. The quantitative estimate of drug-likeness (QED) is 0.715. The van der Waals surface area contributed by atoms with Crippen molar-refractivity contribution in [2.45, 2.75) is 32.2 Å². The summed E-state index contributed by atoms with van der Waals surface area (Å²) in [5.74, 6) is -0.756. The van der Waals surface area contributed by atoms with Crippen LogP contribution in [0.15, 0.2) is 12.1 Å². The first kappa shape index (κ1) is 18.9. The minimum Gasteiger partial charge on any atom is -0.339 e. The molecule has 0 radical (unpaired) electrons. The zero-order valence-electron chi connectivity index (χ0n) is 15.2. The fourth-order valence-corrected chi connectivity index (χ4v) is 5.56. The number of carbonyl (C=O) groups is 3. The number of piperazine rings is 1. The molecular formula is C19H24ClN3O3S. The number of carbonyl (C=O) groups excluding carboxylic acids is 3. The first-order chi connectivity index (χ1) is 13.0. The average Bonchev–Trinajstić information content (AvgIpc) is 3.19. The van der Waals surface area contributed by atoms with Crippen LogP contribution < -0.4 is 0 Å². The zero-order chi connectivity index (χ0) is 19.0. The highest BCUT2D eigenvalue weighted by molar-refractivity contribution is 7.16. The summed E-state index contributed by atoms with van der Waals surface area (Å²) in [4.78, 5) is 44.3. The van der Waals surface area contributed by atoms with E-state index < -0.39 is 0 Å². The predicted octanol–water partition coefficient (Wildman–Crippen LogP) is 2.22. The summed E-state index contributed by atoms with van der Waals surface area (Å²) in [6.45, 7) is 3.57. The lowest BCUT2D eigenvalue weighted by Gasteiger charge is -2.35. The number of rotatable bonds is 4. The summed E-state index contributed by atoms with van der Waals surface area (Å²) in [7, 11) is 0. The molecule has 0 N–H and O–H groups in total. The molecule has 8 heteroatoms. The van der Waals surface area contributed by atoms with Gasteiger partial charge in [0, 0.05) is 37.6 Å². The summed E-state index contributed by atoms with van der Waals surface area (Å²) < 4.78 is 0.791. The zero-order valence-corrected chi connectivity index (χ0v) is 16.8. The first-order valence-corrected chi connectivity index (χ1v) is 10.8. The van der Waals surface area contributed by atoms with Crippen LogP contribution in [0.25, 0.3) is 0 Å². The van der Waals surface area contributed by atoms with Crippen LogP contribution >= 0.6 is 22.9 Å². The molecule has 0 spiro atoms. The maximum Gasteiger partial charge on any atom is 0.242 e. The Kier molecular flexibility index (Phi) is 5.53. The van der Waals surface area contributed by atoms with Gasteiger partial charge in [0.05, 0.1) is 16.2 Å².